The highest BCUT2D eigenvalue weighted by molar-refractivity contribution is 5.79. The van der Waals surface area contributed by atoms with E-state index in [1.54, 1.807) is 0 Å². The van der Waals surface area contributed by atoms with E-state index < -0.39 is 0 Å². The smallest absolute Gasteiger partial charge is 0.237 e. The Morgan fingerprint density at radius 2 is 2.00 bits per heavy atom. The van der Waals surface area contributed by atoms with E-state index in [9.17, 15) is 9.90 Å². The number of carbonyl (C=O) groups excluding carboxylic acids is 1. The third kappa shape index (κ3) is 3.17. The molecule has 0 spiro atoms. The summed E-state index contributed by atoms with van der Waals surface area (Å²) in [6, 6.07) is 1.13. The topological polar surface area (TPSA) is 43.8 Å². The number of hydrogen-bond acceptors (Lipinski definition) is 3. The van der Waals surface area contributed by atoms with Gasteiger partial charge in [0.25, 0.3) is 0 Å². The van der Waals surface area contributed by atoms with E-state index in [4.69, 9.17) is 0 Å². The highest BCUT2D eigenvalue weighted by atomic mass is 16.3. The molecule has 114 valence electrons. The van der Waals surface area contributed by atoms with Crippen molar-refractivity contribution < 1.29 is 9.90 Å². The third-order valence-electron chi connectivity index (χ3n) is 5.27. The van der Waals surface area contributed by atoms with Crippen molar-refractivity contribution in [2.24, 2.45) is 5.92 Å². The van der Waals surface area contributed by atoms with Gasteiger partial charge in [0.1, 0.15) is 0 Å². The normalized spacial score (nSPS) is 29.2. The summed E-state index contributed by atoms with van der Waals surface area (Å²) in [5.74, 6) is 1.04. The summed E-state index contributed by atoms with van der Waals surface area (Å²) in [5.41, 5.74) is 0. The molecule has 3 aliphatic rings. The highest BCUT2D eigenvalue weighted by Crippen LogP contribution is 2.39. The molecule has 2 aliphatic carbocycles. The number of aliphatic hydroxyl groups is 1. The zero-order valence-corrected chi connectivity index (χ0v) is 12.6. The van der Waals surface area contributed by atoms with E-state index in [0.29, 0.717) is 24.5 Å². The molecule has 1 N–H and O–H groups in total. The van der Waals surface area contributed by atoms with Crippen molar-refractivity contribution in [3.8, 4) is 0 Å². The van der Waals surface area contributed by atoms with Gasteiger partial charge in [-0.2, -0.15) is 0 Å². The van der Waals surface area contributed by atoms with Gasteiger partial charge in [-0.15, -0.1) is 0 Å². The van der Waals surface area contributed by atoms with Gasteiger partial charge in [-0.3, -0.25) is 9.69 Å². The number of piperidine rings is 1. The Morgan fingerprint density at radius 3 is 2.60 bits per heavy atom. The van der Waals surface area contributed by atoms with Crippen LogP contribution in [0.1, 0.15) is 51.9 Å². The minimum Gasteiger partial charge on any atom is -0.395 e. The lowest BCUT2D eigenvalue weighted by atomic mass is 10.0. The zero-order chi connectivity index (χ0) is 14.1. The van der Waals surface area contributed by atoms with Crippen LogP contribution in [0.4, 0.5) is 0 Å². The molecular formula is C16H28N2O2. The fraction of sp³-hybridized carbons (Fsp3) is 0.938. The molecule has 4 heteroatoms. The maximum Gasteiger partial charge on any atom is 0.237 e. The van der Waals surface area contributed by atoms with Crippen LogP contribution in [0, 0.1) is 5.92 Å². The third-order valence-corrected chi connectivity index (χ3v) is 5.27. The summed E-state index contributed by atoms with van der Waals surface area (Å²) >= 11 is 0. The number of amides is 1. The summed E-state index contributed by atoms with van der Waals surface area (Å²) < 4.78 is 0. The molecule has 0 aromatic heterocycles. The Balaban J connectivity index is 1.60. The second kappa shape index (κ2) is 6.02. The standard InChI is InChI=1S/C16H28N2O2/c1-12(13-5-6-13)18(14-7-8-14)16(20)10-17-9-3-2-4-15(17)11-19/h12-15,19H,2-11H2,1H3. The molecule has 1 aliphatic heterocycles. The maximum atomic E-state index is 12.7. The minimum atomic E-state index is 0.189. The highest BCUT2D eigenvalue weighted by Gasteiger charge is 2.42. The second-order valence-corrected chi connectivity index (χ2v) is 6.91. The summed E-state index contributed by atoms with van der Waals surface area (Å²) in [6.45, 7) is 3.90. The van der Waals surface area contributed by atoms with Crippen molar-refractivity contribution >= 4 is 5.91 Å². The molecule has 3 fully saturated rings. The lowest BCUT2D eigenvalue weighted by Crippen LogP contribution is -2.51. The van der Waals surface area contributed by atoms with E-state index in [1.807, 2.05) is 0 Å². The first-order chi connectivity index (χ1) is 9.70. The fourth-order valence-corrected chi connectivity index (χ4v) is 3.65. The maximum absolute atomic E-state index is 12.7. The lowest BCUT2D eigenvalue weighted by molar-refractivity contribution is -0.136. The molecular weight excluding hydrogens is 252 g/mol. The molecule has 4 nitrogen and oxygen atoms in total. The van der Waals surface area contributed by atoms with Gasteiger partial charge in [0.05, 0.1) is 13.2 Å². The van der Waals surface area contributed by atoms with Crippen LogP contribution in [0.25, 0.3) is 0 Å². The average Bonchev–Trinajstić information content (AvgIpc) is 3.31. The van der Waals surface area contributed by atoms with Crippen molar-refractivity contribution in [3.05, 3.63) is 0 Å². The van der Waals surface area contributed by atoms with Gasteiger partial charge in [-0.05, 0) is 57.9 Å². The Bertz CT molecular complexity index is 352. The number of nitrogens with zero attached hydrogens (tertiary/aromatic N) is 2. The Kier molecular flexibility index (Phi) is 4.32. The van der Waals surface area contributed by atoms with Gasteiger partial charge in [0, 0.05) is 18.1 Å². The van der Waals surface area contributed by atoms with Gasteiger partial charge >= 0.3 is 0 Å². The summed E-state index contributed by atoms with van der Waals surface area (Å²) in [4.78, 5) is 17.1. The summed E-state index contributed by atoms with van der Waals surface area (Å²) in [7, 11) is 0. The summed E-state index contributed by atoms with van der Waals surface area (Å²) in [6.07, 6.45) is 8.33. The van der Waals surface area contributed by atoms with Gasteiger partial charge in [-0.1, -0.05) is 6.42 Å². The molecule has 0 aromatic carbocycles. The fourth-order valence-electron chi connectivity index (χ4n) is 3.65. The van der Waals surface area contributed by atoms with Crippen molar-refractivity contribution in [1.82, 2.24) is 9.80 Å². The average molecular weight is 280 g/mol. The second-order valence-electron chi connectivity index (χ2n) is 6.91. The van der Waals surface area contributed by atoms with Crippen molar-refractivity contribution in [3.63, 3.8) is 0 Å². The van der Waals surface area contributed by atoms with Crippen LogP contribution in [0.2, 0.25) is 0 Å². The van der Waals surface area contributed by atoms with Crippen LogP contribution in [0.3, 0.4) is 0 Å². The van der Waals surface area contributed by atoms with Gasteiger partial charge in [0.15, 0.2) is 0 Å². The first-order valence-electron chi connectivity index (χ1n) is 8.36. The van der Waals surface area contributed by atoms with Gasteiger partial charge in [-0.25, -0.2) is 0 Å². The molecule has 1 saturated heterocycles. The SMILES string of the molecule is CC(C1CC1)N(C(=O)CN1CCCCC1CO)C1CC1. The van der Waals surface area contributed by atoms with Crippen molar-refractivity contribution in [1.29, 1.82) is 0 Å². The van der Waals surface area contributed by atoms with E-state index in [2.05, 4.69) is 16.7 Å². The van der Waals surface area contributed by atoms with Crippen LogP contribution in [0.15, 0.2) is 0 Å². The molecule has 1 amide bonds. The minimum absolute atomic E-state index is 0.189. The van der Waals surface area contributed by atoms with Crippen molar-refractivity contribution in [2.75, 3.05) is 19.7 Å². The lowest BCUT2D eigenvalue weighted by Gasteiger charge is -2.37. The zero-order valence-electron chi connectivity index (χ0n) is 12.6. The number of rotatable bonds is 6. The van der Waals surface area contributed by atoms with E-state index >= 15 is 0 Å². The van der Waals surface area contributed by atoms with Gasteiger partial charge in [0.2, 0.25) is 5.91 Å². The molecule has 2 saturated carbocycles. The molecule has 0 bridgehead atoms. The Labute approximate surface area is 122 Å². The number of aliphatic hydroxyl groups excluding tert-OH is 1. The predicted molar refractivity (Wildman–Crippen MR) is 78.4 cm³/mol. The van der Waals surface area contributed by atoms with Crippen LogP contribution < -0.4 is 0 Å². The van der Waals surface area contributed by atoms with Gasteiger partial charge < -0.3 is 10.0 Å². The van der Waals surface area contributed by atoms with Crippen LogP contribution >= 0.6 is 0 Å². The molecule has 3 rings (SSSR count). The van der Waals surface area contributed by atoms with E-state index in [1.165, 1.54) is 32.1 Å². The quantitative estimate of drug-likeness (QED) is 0.804. The van der Waals surface area contributed by atoms with Crippen LogP contribution in [-0.2, 0) is 4.79 Å². The summed E-state index contributed by atoms with van der Waals surface area (Å²) in [5, 5.41) is 9.48. The molecule has 20 heavy (non-hydrogen) atoms. The number of carbonyl (C=O) groups is 1. The largest absolute Gasteiger partial charge is 0.395 e. The number of hydrogen-bond donors (Lipinski definition) is 1. The Hall–Kier alpha value is -0.610. The number of likely N-dealkylation sites (tertiary alicyclic amines) is 1. The first-order valence-corrected chi connectivity index (χ1v) is 8.36. The van der Waals surface area contributed by atoms with E-state index in [-0.39, 0.29) is 12.6 Å². The molecule has 1 heterocycles. The molecule has 0 aromatic rings. The van der Waals surface area contributed by atoms with E-state index in [0.717, 1.165) is 25.3 Å². The monoisotopic (exact) mass is 280 g/mol. The predicted octanol–water partition coefficient (Wildman–Crippen LogP) is 1.62. The molecule has 0 radical (unpaired) electrons. The molecule has 2 unspecified atom stereocenters. The van der Waals surface area contributed by atoms with Crippen molar-refractivity contribution in [2.45, 2.75) is 70.0 Å². The van der Waals surface area contributed by atoms with Crippen LogP contribution in [-0.4, -0.2) is 58.6 Å². The first kappa shape index (κ1) is 14.3. The Morgan fingerprint density at radius 1 is 1.25 bits per heavy atom. The molecule has 2 atom stereocenters. The van der Waals surface area contributed by atoms with Crippen LogP contribution in [0.5, 0.6) is 0 Å².